The maximum absolute atomic E-state index is 11.9. The van der Waals surface area contributed by atoms with Crippen LogP contribution in [0.25, 0.3) is 0 Å². The Hall–Kier alpha value is -1.12. The van der Waals surface area contributed by atoms with E-state index < -0.39 is 0 Å². The molecule has 0 amide bonds. The Kier molecular flexibility index (Phi) is 8.24. The van der Waals surface area contributed by atoms with Crippen molar-refractivity contribution in [3.05, 3.63) is 12.2 Å². The Morgan fingerprint density at radius 2 is 2.10 bits per heavy atom. The Morgan fingerprint density at radius 3 is 2.80 bits per heavy atom. The first-order valence-electron chi connectivity index (χ1n) is 7.93. The second-order valence-electron chi connectivity index (χ2n) is 5.66. The quantitative estimate of drug-likeness (QED) is 0.363. The number of rotatable bonds is 9. The fourth-order valence-corrected chi connectivity index (χ4v) is 3.01. The average molecular weight is 280 g/mol. The van der Waals surface area contributed by atoms with Crippen LogP contribution in [0.1, 0.15) is 64.7 Å². The van der Waals surface area contributed by atoms with Crippen LogP contribution >= 0.6 is 0 Å². The molecule has 1 rings (SSSR count). The summed E-state index contributed by atoms with van der Waals surface area (Å²) in [6, 6.07) is 0. The number of hydrogen-bond acceptors (Lipinski definition) is 3. The summed E-state index contributed by atoms with van der Waals surface area (Å²) in [4.78, 5) is 22.9. The number of esters is 1. The molecule has 3 heteroatoms. The van der Waals surface area contributed by atoms with Crippen molar-refractivity contribution in [1.82, 2.24) is 0 Å². The lowest BCUT2D eigenvalue weighted by molar-refractivity contribution is -0.140. The summed E-state index contributed by atoms with van der Waals surface area (Å²) in [5.74, 6) is 1.13. The molecular weight excluding hydrogens is 252 g/mol. The smallest absolute Gasteiger partial charge is 0.305 e. The number of allylic oxidation sites excluding steroid dienone is 2. The van der Waals surface area contributed by atoms with Crippen LogP contribution in [0.2, 0.25) is 0 Å². The van der Waals surface area contributed by atoms with Crippen molar-refractivity contribution in [1.29, 1.82) is 0 Å². The van der Waals surface area contributed by atoms with Crippen molar-refractivity contribution in [2.24, 2.45) is 11.8 Å². The minimum absolute atomic E-state index is 0.122. The van der Waals surface area contributed by atoms with Gasteiger partial charge in [-0.25, -0.2) is 0 Å². The molecule has 114 valence electrons. The number of ketones is 1. The monoisotopic (exact) mass is 280 g/mol. The molecule has 2 unspecified atom stereocenters. The van der Waals surface area contributed by atoms with Gasteiger partial charge in [-0.05, 0) is 38.0 Å². The van der Waals surface area contributed by atoms with Gasteiger partial charge in [0, 0.05) is 18.8 Å². The number of Topliss-reactive ketones (excluding diaryl/α,β-unsaturated/α-hetero) is 1. The second-order valence-corrected chi connectivity index (χ2v) is 5.66. The van der Waals surface area contributed by atoms with Gasteiger partial charge in [-0.1, -0.05) is 31.9 Å². The molecule has 20 heavy (non-hydrogen) atoms. The fourth-order valence-electron chi connectivity index (χ4n) is 3.01. The largest absolute Gasteiger partial charge is 0.469 e. The molecule has 0 N–H and O–H groups in total. The zero-order valence-corrected chi connectivity index (χ0v) is 12.9. The Balaban J connectivity index is 2.22. The van der Waals surface area contributed by atoms with Gasteiger partial charge in [-0.3, -0.25) is 9.59 Å². The highest BCUT2D eigenvalue weighted by Gasteiger charge is 2.32. The Bertz CT molecular complexity index is 333. The molecule has 0 spiro atoms. The van der Waals surface area contributed by atoms with Crippen LogP contribution in [0, 0.1) is 11.8 Å². The average Bonchev–Trinajstić information content (AvgIpc) is 2.79. The van der Waals surface area contributed by atoms with E-state index in [1.54, 1.807) is 0 Å². The summed E-state index contributed by atoms with van der Waals surface area (Å²) in [7, 11) is 1.43. The highest BCUT2D eigenvalue weighted by atomic mass is 16.5. The van der Waals surface area contributed by atoms with Crippen LogP contribution in [0.15, 0.2) is 12.2 Å². The SMILES string of the molecule is CCC=CCC1C(=O)CCC1CCCCCC(=O)OC. The first-order valence-corrected chi connectivity index (χ1v) is 7.93. The molecule has 0 aliphatic heterocycles. The van der Waals surface area contributed by atoms with E-state index in [1.807, 2.05) is 0 Å². The van der Waals surface area contributed by atoms with E-state index in [0.717, 1.165) is 51.4 Å². The third kappa shape index (κ3) is 5.89. The van der Waals surface area contributed by atoms with E-state index in [-0.39, 0.29) is 11.9 Å². The van der Waals surface area contributed by atoms with Gasteiger partial charge in [0.15, 0.2) is 0 Å². The van der Waals surface area contributed by atoms with Gasteiger partial charge in [0.2, 0.25) is 0 Å². The molecule has 0 aromatic carbocycles. The molecule has 1 aliphatic carbocycles. The molecule has 3 nitrogen and oxygen atoms in total. The lowest BCUT2D eigenvalue weighted by Crippen LogP contribution is -2.14. The van der Waals surface area contributed by atoms with Crippen molar-refractivity contribution in [2.45, 2.75) is 64.7 Å². The maximum atomic E-state index is 11.9. The highest BCUT2D eigenvalue weighted by molar-refractivity contribution is 5.83. The van der Waals surface area contributed by atoms with Crippen molar-refractivity contribution < 1.29 is 14.3 Å². The number of ether oxygens (including phenoxy) is 1. The molecule has 0 aromatic rings. The number of methoxy groups -OCH3 is 1. The summed E-state index contributed by atoms with van der Waals surface area (Å²) >= 11 is 0. The zero-order valence-electron chi connectivity index (χ0n) is 12.9. The number of carbonyl (C=O) groups excluding carboxylic acids is 2. The molecule has 0 heterocycles. The van der Waals surface area contributed by atoms with Crippen LogP contribution in [-0.4, -0.2) is 18.9 Å². The van der Waals surface area contributed by atoms with Crippen LogP contribution in [0.4, 0.5) is 0 Å². The van der Waals surface area contributed by atoms with E-state index >= 15 is 0 Å². The minimum atomic E-state index is -0.122. The Labute approximate surface area is 122 Å². The van der Waals surface area contributed by atoms with Crippen molar-refractivity contribution in [3.63, 3.8) is 0 Å². The van der Waals surface area contributed by atoms with Crippen LogP contribution in [0.3, 0.4) is 0 Å². The molecule has 2 atom stereocenters. The van der Waals surface area contributed by atoms with Gasteiger partial charge >= 0.3 is 5.97 Å². The molecule has 0 bridgehead atoms. The summed E-state index contributed by atoms with van der Waals surface area (Å²) in [5, 5.41) is 0. The molecule has 0 saturated heterocycles. The Morgan fingerprint density at radius 1 is 1.30 bits per heavy atom. The molecule has 1 saturated carbocycles. The zero-order chi connectivity index (χ0) is 14.8. The second kappa shape index (κ2) is 9.73. The van der Waals surface area contributed by atoms with Crippen LogP contribution < -0.4 is 0 Å². The van der Waals surface area contributed by atoms with Gasteiger partial charge in [-0.15, -0.1) is 0 Å². The third-order valence-corrected chi connectivity index (χ3v) is 4.22. The van der Waals surface area contributed by atoms with Gasteiger partial charge in [-0.2, -0.15) is 0 Å². The van der Waals surface area contributed by atoms with Crippen molar-refractivity contribution in [3.8, 4) is 0 Å². The van der Waals surface area contributed by atoms with Crippen LogP contribution in [-0.2, 0) is 14.3 Å². The maximum Gasteiger partial charge on any atom is 0.305 e. The minimum Gasteiger partial charge on any atom is -0.469 e. The summed E-state index contributed by atoms with van der Waals surface area (Å²) in [6.07, 6.45) is 12.8. The van der Waals surface area contributed by atoms with Gasteiger partial charge in [0.25, 0.3) is 0 Å². The normalized spacial score (nSPS) is 22.6. The first kappa shape index (κ1) is 16.9. The molecule has 1 aliphatic rings. The summed E-state index contributed by atoms with van der Waals surface area (Å²) in [6.45, 7) is 2.12. The number of hydrogen-bond donors (Lipinski definition) is 0. The van der Waals surface area contributed by atoms with Crippen molar-refractivity contribution in [2.75, 3.05) is 7.11 Å². The summed E-state index contributed by atoms with van der Waals surface area (Å²) in [5.41, 5.74) is 0. The van der Waals surface area contributed by atoms with E-state index in [9.17, 15) is 9.59 Å². The van der Waals surface area contributed by atoms with Gasteiger partial charge in [0.1, 0.15) is 5.78 Å². The highest BCUT2D eigenvalue weighted by Crippen LogP contribution is 2.35. The van der Waals surface area contributed by atoms with E-state index in [0.29, 0.717) is 18.1 Å². The molecular formula is C17H28O3. The fraction of sp³-hybridized carbons (Fsp3) is 0.765. The van der Waals surface area contributed by atoms with E-state index in [2.05, 4.69) is 23.8 Å². The van der Waals surface area contributed by atoms with Gasteiger partial charge in [0.05, 0.1) is 7.11 Å². The molecule has 0 aromatic heterocycles. The topological polar surface area (TPSA) is 43.4 Å². The predicted octanol–water partition coefficient (Wildman–Crippen LogP) is 4.06. The standard InChI is InChI=1S/C17H28O3/c1-3-4-6-10-15-14(12-13-16(15)18)9-7-5-8-11-17(19)20-2/h4,6,14-15H,3,5,7-13H2,1-2H3. The lowest BCUT2D eigenvalue weighted by Gasteiger charge is -2.16. The molecule has 0 radical (unpaired) electrons. The molecule has 1 fully saturated rings. The van der Waals surface area contributed by atoms with E-state index in [4.69, 9.17) is 0 Å². The van der Waals surface area contributed by atoms with Crippen molar-refractivity contribution >= 4 is 11.8 Å². The third-order valence-electron chi connectivity index (χ3n) is 4.22. The number of carbonyl (C=O) groups is 2. The number of unbranched alkanes of at least 4 members (excludes halogenated alkanes) is 2. The van der Waals surface area contributed by atoms with Crippen LogP contribution in [0.5, 0.6) is 0 Å². The first-order chi connectivity index (χ1) is 9.69. The lowest BCUT2D eigenvalue weighted by atomic mass is 9.88. The van der Waals surface area contributed by atoms with E-state index in [1.165, 1.54) is 7.11 Å². The van der Waals surface area contributed by atoms with Gasteiger partial charge < -0.3 is 4.74 Å². The summed E-state index contributed by atoms with van der Waals surface area (Å²) < 4.78 is 4.63. The predicted molar refractivity (Wildman–Crippen MR) is 80.4 cm³/mol.